The Morgan fingerprint density at radius 3 is 1.61 bits per heavy atom. The maximum absolute atomic E-state index is 12.7. The Balaban J connectivity index is 5.71. The van der Waals surface area contributed by atoms with Crippen LogP contribution in [-0.2, 0) is 0 Å². The van der Waals surface area contributed by atoms with Crippen molar-refractivity contribution in [1.82, 2.24) is 0 Å². The highest BCUT2D eigenvalue weighted by Crippen LogP contribution is 2.52. The van der Waals surface area contributed by atoms with Crippen LogP contribution in [0.4, 0.5) is 43.9 Å². The quantitative estimate of drug-likeness (QED) is 0.643. The minimum atomic E-state index is -6.64. The smallest absolute Gasteiger partial charge is 0.241 e. The van der Waals surface area contributed by atoms with Crippen molar-refractivity contribution in [2.24, 2.45) is 0 Å². The van der Waals surface area contributed by atoms with E-state index in [1.807, 2.05) is 0 Å². The first-order valence-electron chi connectivity index (χ1n) is 4.32. The summed E-state index contributed by atoms with van der Waals surface area (Å²) in [6.45, 7) is 0.634. The van der Waals surface area contributed by atoms with Crippen molar-refractivity contribution in [1.29, 1.82) is 0 Å². The van der Waals surface area contributed by atoms with Crippen LogP contribution >= 0.6 is 0 Å². The van der Waals surface area contributed by atoms with Crippen molar-refractivity contribution in [2.75, 3.05) is 0 Å². The van der Waals surface area contributed by atoms with Gasteiger partial charge in [-0.2, -0.15) is 39.5 Å². The molecular weight excluding hydrogens is 286 g/mol. The Morgan fingerprint density at radius 1 is 0.944 bits per heavy atom. The van der Waals surface area contributed by atoms with Crippen LogP contribution in [0.1, 0.15) is 13.3 Å². The lowest BCUT2D eigenvalue weighted by Crippen LogP contribution is -2.58. The fourth-order valence-electron chi connectivity index (χ4n) is 0.919. The van der Waals surface area contributed by atoms with Crippen LogP contribution < -0.4 is 0 Å². The molecule has 1 unspecified atom stereocenters. The zero-order chi connectivity index (χ0) is 14.9. The van der Waals surface area contributed by atoms with Gasteiger partial charge >= 0.3 is 23.8 Å². The van der Waals surface area contributed by atoms with Gasteiger partial charge in [-0.3, -0.25) is 0 Å². The van der Waals surface area contributed by atoms with E-state index >= 15 is 0 Å². The van der Waals surface area contributed by atoms with E-state index in [1.165, 1.54) is 0 Å². The summed E-state index contributed by atoms with van der Waals surface area (Å²) in [6, 6.07) is 0. The van der Waals surface area contributed by atoms with Crippen LogP contribution in [0.15, 0.2) is 11.9 Å². The molecule has 0 aromatic carbocycles. The molecule has 0 nitrogen and oxygen atoms in total. The molecule has 0 aliphatic carbocycles. The zero-order valence-electron chi connectivity index (χ0n) is 8.56. The van der Waals surface area contributed by atoms with Crippen molar-refractivity contribution in [3.8, 4) is 0 Å². The summed E-state index contributed by atoms with van der Waals surface area (Å²) in [5, 5.41) is 0. The minimum absolute atomic E-state index is 0.634. The van der Waals surface area contributed by atoms with Gasteiger partial charge < -0.3 is 0 Å². The molecule has 0 aromatic rings. The van der Waals surface area contributed by atoms with E-state index in [-0.39, 0.29) is 0 Å². The molecule has 0 heterocycles. The van der Waals surface area contributed by atoms with Crippen molar-refractivity contribution in [2.45, 2.75) is 37.3 Å². The zero-order valence-corrected chi connectivity index (χ0v) is 8.56. The van der Waals surface area contributed by atoms with Gasteiger partial charge in [-0.25, -0.2) is 4.39 Å². The second-order valence-corrected chi connectivity index (χ2v) is 3.22. The van der Waals surface area contributed by atoms with Crippen molar-refractivity contribution >= 4 is 0 Å². The minimum Gasteiger partial charge on any atom is -0.241 e. The lowest BCUT2D eigenvalue weighted by atomic mass is 9.98. The molecule has 0 N–H and O–H groups in total. The standard InChI is InChI=1S/C8H6F10/c1-2-3(9)6(13,14)8(17,18)7(15,16)4(10)5(11)12/h3H,2H2,1H3. The van der Waals surface area contributed by atoms with E-state index in [9.17, 15) is 43.9 Å². The molecule has 10 heteroatoms. The highest BCUT2D eigenvalue weighted by Gasteiger charge is 2.76. The number of allylic oxidation sites excluding steroid dienone is 1. The summed E-state index contributed by atoms with van der Waals surface area (Å²) < 4.78 is 123. The second kappa shape index (κ2) is 4.96. The van der Waals surface area contributed by atoms with Gasteiger partial charge in [-0.1, -0.05) is 6.92 Å². The van der Waals surface area contributed by atoms with Crippen LogP contribution in [-0.4, -0.2) is 23.9 Å². The van der Waals surface area contributed by atoms with Crippen LogP contribution in [0.3, 0.4) is 0 Å². The Hall–Kier alpha value is -0.960. The van der Waals surface area contributed by atoms with E-state index in [0.29, 0.717) is 6.92 Å². The summed E-state index contributed by atoms with van der Waals surface area (Å²) in [4.78, 5) is 0. The molecule has 0 spiro atoms. The SMILES string of the molecule is CCC(F)C(F)(F)C(F)(F)C(F)(F)C(F)=C(F)F. The topological polar surface area (TPSA) is 0 Å². The van der Waals surface area contributed by atoms with Crippen LogP contribution in [0.2, 0.25) is 0 Å². The number of halogens is 10. The van der Waals surface area contributed by atoms with Crippen molar-refractivity contribution in [3.63, 3.8) is 0 Å². The van der Waals surface area contributed by atoms with E-state index in [2.05, 4.69) is 0 Å². The number of rotatable bonds is 5. The fourth-order valence-corrected chi connectivity index (χ4v) is 0.919. The van der Waals surface area contributed by atoms with Gasteiger partial charge in [-0.05, 0) is 6.42 Å². The Bertz CT molecular complexity index is 327. The largest absolute Gasteiger partial charge is 0.381 e. The molecule has 108 valence electrons. The molecule has 0 aromatic heterocycles. The van der Waals surface area contributed by atoms with Gasteiger partial charge in [-0.15, -0.1) is 0 Å². The average Bonchev–Trinajstić information content (AvgIpc) is 2.25. The fraction of sp³-hybridized carbons (Fsp3) is 0.750. The maximum atomic E-state index is 12.7. The Morgan fingerprint density at radius 2 is 1.33 bits per heavy atom. The van der Waals surface area contributed by atoms with Gasteiger partial charge in [0.1, 0.15) is 0 Å². The number of hydrogen-bond donors (Lipinski definition) is 0. The van der Waals surface area contributed by atoms with Gasteiger partial charge in [0.2, 0.25) is 5.83 Å². The van der Waals surface area contributed by atoms with Gasteiger partial charge in [0.25, 0.3) is 0 Å². The third-order valence-corrected chi connectivity index (χ3v) is 2.01. The normalized spacial score (nSPS) is 15.5. The van der Waals surface area contributed by atoms with E-state index in [0.717, 1.165) is 0 Å². The van der Waals surface area contributed by atoms with Crippen LogP contribution in [0.25, 0.3) is 0 Å². The van der Waals surface area contributed by atoms with E-state index in [4.69, 9.17) is 0 Å². The monoisotopic (exact) mass is 292 g/mol. The molecule has 0 rings (SSSR count). The summed E-state index contributed by atoms with van der Waals surface area (Å²) in [5.41, 5.74) is 0. The number of alkyl halides is 7. The van der Waals surface area contributed by atoms with Gasteiger partial charge in [0, 0.05) is 0 Å². The van der Waals surface area contributed by atoms with Crippen molar-refractivity contribution < 1.29 is 43.9 Å². The first kappa shape index (κ1) is 17.0. The Kier molecular flexibility index (Phi) is 4.70. The van der Waals surface area contributed by atoms with Crippen LogP contribution in [0.5, 0.6) is 0 Å². The first-order chi connectivity index (χ1) is 7.84. The lowest BCUT2D eigenvalue weighted by molar-refractivity contribution is -0.317. The third kappa shape index (κ3) is 2.41. The molecule has 0 saturated carbocycles. The summed E-state index contributed by atoms with van der Waals surface area (Å²) in [6.07, 6.45) is -8.92. The van der Waals surface area contributed by atoms with Gasteiger partial charge in [0.15, 0.2) is 6.17 Å². The average molecular weight is 292 g/mol. The van der Waals surface area contributed by atoms with Crippen molar-refractivity contribution in [3.05, 3.63) is 11.9 Å². The second-order valence-electron chi connectivity index (χ2n) is 3.22. The molecule has 0 bridgehead atoms. The molecular formula is C8H6F10. The predicted molar refractivity (Wildman–Crippen MR) is 40.4 cm³/mol. The third-order valence-electron chi connectivity index (χ3n) is 2.01. The van der Waals surface area contributed by atoms with Gasteiger partial charge in [0.05, 0.1) is 0 Å². The molecule has 0 amide bonds. The summed E-state index contributed by atoms with van der Waals surface area (Å²) in [7, 11) is 0. The molecule has 0 aliphatic heterocycles. The molecule has 18 heavy (non-hydrogen) atoms. The molecule has 0 radical (unpaired) electrons. The number of hydrogen-bond acceptors (Lipinski definition) is 0. The molecule has 0 aliphatic rings. The summed E-state index contributed by atoms with van der Waals surface area (Å²) in [5.74, 6) is -23.2. The predicted octanol–water partition coefficient (Wildman–Crippen LogP) is 4.72. The van der Waals surface area contributed by atoms with E-state index in [1.54, 1.807) is 0 Å². The molecule has 1 atom stereocenters. The first-order valence-corrected chi connectivity index (χ1v) is 4.32. The molecule has 0 fully saturated rings. The van der Waals surface area contributed by atoms with Crippen LogP contribution in [0, 0.1) is 0 Å². The lowest BCUT2D eigenvalue weighted by Gasteiger charge is -2.33. The summed E-state index contributed by atoms with van der Waals surface area (Å²) >= 11 is 0. The maximum Gasteiger partial charge on any atom is 0.381 e. The molecule has 0 saturated heterocycles. The Labute approximate surface area is 94.3 Å². The highest BCUT2D eigenvalue weighted by atomic mass is 19.4. The van der Waals surface area contributed by atoms with E-state index < -0.39 is 42.3 Å². The highest BCUT2D eigenvalue weighted by molar-refractivity contribution is 5.15.